The van der Waals surface area contributed by atoms with E-state index in [0.717, 1.165) is 17.2 Å². The molecular formula is C28H32N4O3S. The molecule has 7 nitrogen and oxygen atoms in total. The maximum Gasteiger partial charge on any atom is 0.263 e. The minimum atomic E-state index is -0.720. The number of carbonyl (C=O) groups excluding carboxylic acids is 2. The van der Waals surface area contributed by atoms with Gasteiger partial charge in [-0.1, -0.05) is 43.2 Å². The molecule has 3 heterocycles. The van der Waals surface area contributed by atoms with Gasteiger partial charge in [0, 0.05) is 23.6 Å². The van der Waals surface area contributed by atoms with Gasteiger partial charge >= 0.3 is 0 Å². The number of aromatic nitrogens is 2. The van der Waals surface area contributed by atoms with Gasteiger partial charge in [0.15, 0.2) is 0 Å². The van der Waals surface area contributed by atoms with Gasteiger partial charge in [0.25, 0.3) is 5.56 Å². The summed E-state index contributed by atoms with van der Waals surface area (Å²) in [4.78, 5) is 45.7. The molecule has 0 aliphatic carbocycles. The molecule has 2 fully saturated rings. The van der Waals surface area contributed by atoms with E-state index in [1.807, 2.05) is 18.2 Å². The summed E-state index contributed by atoms with van der Waals surface area (Å²) in [6, 6.07) is 13.7. The Balaban J connectivity index is 1.34. The molecular weight excluding hydrogens is 472 g/mol. The van der Waals surface area contributed by atoms with E-state index >= 15 is 0 Å². The highest BCUT2D eigenvalue weighted by atomic mass is 32.2. The van der Waals surface area contributed by atoms with Crippen molar-refractivity contribution in [1.29, 1.82) is 0 Å². The number of aryl methyl sites for hydroxylation is 1. The summed E-state index contributed by atoms with van der Waals surface area (Å²) in [5.74, 6) is 0.464. The van der Waals surface area contributed by atoms with Crippen LogP contribution in [-0.4, -0.2) is 39.4 Å². The molecule has 3 aromatic rings. The Kier molecular flexibility index (Phi) is 7.53. The lowest BCUT2D eigenvalue weighted by Crippen LogP contribution is -2.45. The summed E-state index contributed by atoms with van der Waals surface area (Å²) in [7, 11) is 0. The summed E-state index contributed by atoms with van der Waals surface area (Å²) in [5, 5.41) is 2.87. The summed E-state index contributed by atoms with van der Waals surface area (Å²) in [5.41, 5.74) is 2.92. The fourth-order valence-corrected chi connectivity index (χ4v) is 6.22. The number of likely N-dealkylation sites (tertiary alicyclic amines) is 1. The van der Waals surface area contributed by atoms with Crippen LogP contribution in [-0.2, 0) is 21.9 Å². The first-order valence-corrected chi connectivity index (χ1v) is 13.8. The highest BCUT2D eigenvalue weighted by molar-refractivity contribution is 7.98. The number of fused-ring (bicyclic) bond motifs is 1. The van der Waals surface area contributed by atoms with E-state index in [-0.39, 0.29) is 17.9 Å². The van der Waals surface area contributed by atoms with Crippen LogP contribution in [0.2, 0.25) is 0 Å². The first kappa shape index (κ1) is 24.7. The molecule has 1 N–H and O–H groups in total. The largest absolute Gasteiger partial charge is 0.299 e. The first-order chi connectivity index (χ1) is 17.5. The van der Waals surface area contributed by atoms with Crippen LogP contribution in [0.5, 0.6) is 0 Å². The lowest BCUT2D eigenvalue weighted by Gasteiger charge is -2.24. The fraction of sp³-hybridized carbons (Fsp3) is 0.429. The standard InChI is InChI=1S/C28H32N4O3S/c1-19-29-22-7-6-8-24(26(22)28(35)32(19)23-13-14-25(33)30-27(23)34)36-18-21-11-9-20(10-12-21)17-31-15-4-2-3-5-16-31/h6-12,23H,2-5,13-18H2,1H3,(H,30,33,34). The van der Waals surface area contributed by atoms with Crippen molar-refractivity contribution in [2.75, 3.05) is 13.1 Å². The van der Waals surface area contributed by atoms with Gasteiger partial charge in [-0.05, 0) is 62.5 Å². The molecule has 5 rings (SSSR count). The zero-order chi connectivity index (χ0) is 25.1. The minimum absolute atomic E-state index is 0.213. The predicted octanol–water partition coefficient (Wildman–Crippen LogP) is 4.35. The minimum Gasteiger partial charge on any atom is -0.299 e. The third kappa shape index (κ3) is 5.39. The van der Waals surface area contributed by atoms with Gasteiger partial charge in [-0.3, -0.25) is 29.2 Å². The van der Waals surface area contributed by atoms with Crippen LogP contribution in [0, 0.1) is 6.92 Å². The number of amides is 2. The Morgan fingerprint density at radius 1 is 0.972 bits per heavy atom. The molecule has 2 aliphatic rings. The second-order valence-electron chi connectivity index (χ2n) is 9.75. The van der Waals surface area contributed by atoms with Crippen LogP contribution in [0.25, 0.3) is 10.9 Å². The van der Waals surface area contributed by atoms with Crippen LogP contribution in [0.4, 0.5) is 0 Å². The van der Waals surface area contributed by atoms with Crippen LogP contribution in [0.1, 0.15) is 61.5 Å². The fourth-order valence-electron chi connectivity index (χ4n) is 5.19. The van der Waals surface area contributed by atoms with Gasteiger partial charge < -0.3 is 0 Å². The highest BCUT2D eigenvalue weighted by Crippen LogP contribution is 2.29. The number of piperidine rings is 1. The quantitative estimate of drug-likeness (QED) is 0.397. The topological polar surface area (TPSA) is 84.3 Å². The predicted molar refractivity (Wildman–Crippen MR) is 142 cm³/mol. The Labute approximate surface area is 215 Å². The molecule has 0 bridgehead atoms. The van der Waals surface area contributed by atoms with E-state index in [4.69, 9.17) is 0 Å². The van der Waals surface area contributed by atoms with Gasteiger partial charge in [0.05, 0.1) is 10.9 Å². The van der Waals surface area contributed by atoms with E-state index in [0.29, 0.717) is 23.1 Å². The average Bonchev–Trinajstić information content (AvgIpc) is 3.13. The Morgan fingerprint density at radius 2 is 1.69 bits per heavy atom. The smallest absolute Gasteiger partial charge is 0.263 e. The molecule has 0 radical (unpaired) electrons. The Morgan fingerprint density at radius 3 is 2.42 bits per heavy atom. The lowest BCUT2D eigenvalue weighted by atomic mass is 10.1. The molecule has 1 aromatic heterocycles. The number of rotatable bonds is 6. The van der Waals surface area contributed by atoms with Crippen molar-refractivity contribution < 1.29 is 9.59 Å². The van der Waals surface area contributed by atoms with Gasteiger partial charge in [0.1, 0.15) is 11.9 Å². The number of carbonyl (C=O) groups is 2. The van der Waals surface area contributed by atoms with Gasteiger partial charge in [-0.25, -0.2) is 4.98 Å². The highest BCUT2D eigenvalue weighted by Gasteiger charge is 2.30. The summed E-state index contributed by atoms with van der Waals surface area (Å²) >= 11 is 1.61. The summed E-state index contributed by atoms with van der Waals surface area (Å²) < 4.78 is 1.45. The van der Waals surface area contributed by atoms with E-state index < -0.39 is 11.9 Å². The molecule has 8 heteroatoms. The molecule has 2 aliphatic heterocycles. The van der Waals surface area contributed by atoms with Gasteiger partial charge in [0.2, 0.25) is 11.8 Å². The van der Waals surface area contributed by atoms with Crippen LogP contribution in [0.3, 0.4) is 0 Å². The third-order valence-corrected chi connectivity index (χ3v) is 8.24. The number of thioether (sulfide) groups is 1. The van der Waals surface area contributed by atoms with Crippen molar-refractivity contribution >= 4 is 34.5 Å². The Hall–Kier alpha value is -2.97. The molecule has 0 saturated carbocycles. The SMILES string of the molecule is Cc1nc2cccc(SCc3ccc(CN4CCCCCC4)cc3)c2c(=O)n1C1CCC(=O)NC1=O. The molecule has 2 saturated heterocycles. The number of hydrogen-bond acceptors (Lipinski definition) is 6. The first-order valence-electron chi connectivity index (χ1n) is 12.8. The van der Waals surface area contributed by atoms with Crippen molar-refractivity contribution in [3.05, 3.63) is 69.8 Å². The summed E-state index contributed by atoms with van der Waals surface area (Å²) in [6.07, 6.45) is 5.78. The van der Waals surface area contributed by atoms with Crippen molar-refractivity contribution in [3.63, 3.8) is 0 Å². The normalized spacial score (nSPS) is 19.3. The van der Waals surface area contributed by atoms with Gasteiger partial charge in [-0.2, -0.15) is 0 Å². The van der Waals surface area contributed by atoms with E-state index in [1.54, 1.807) is 18.7 Å². The van der Waals surface area contributed by atoms with Crippen molar-refractivity contribution in [3.8, 4) is 0 Å². The van der Waals surface area contributed by atoms with E-state index in [2.05, 4.69) is 39.5 Å². The molecule has 1 unspecified atom stereocenters. The van der Waals surface area contributed by atoms with Crippen LogP contribution in [0.15, 0.2) is 52.2 Å². The van der Waals surface area contributed by atoms with Crippen LogP contribution >= 0.6 is 11.8 Å². The van der Waals surface area contributed by atoms with Gasteiger partial charge in [-0.15, -0.1) is 11.8 Å². The lowest BCUT2D eigenvalue weighted by molar-refractivity contribution is -0.135. The summed E-state index contributed by atoms with van der Waals surface area (Å²) in [6.45, 7) is 5.10. The number of nitrogens with one attached hydrogen (secondary N) is 1. The zero-order valence-electron chi connectivity index (χ0n) is 20.7. The average molecular weight is 505 g/mol. The van der Waals surface area contributed by atoms with Crippen molar-refractivity contribution in [2.24, 2.45) is 0 Å². The maximum absolute atomic E-state index is 13.6. The van der Waals surface area contributed by atoms with E-state index in [9.17, 15) is 14.4 Å². The number of imide groups is 1. The van der Waals surface area contributed by atoms with E-state index in [1.165, 1.54) is 54.5 Å². The third-order valence-electron chi connectivity index (χ3n) is 7.11. The number of benzene rings is 2. The monoisotopic (exact) mass is 504 g/mol. The number of nitrogens with zero attached hydrogens (tertiary/aromatic N) is 3. The van der Waals surface area contributed by atoms with Crippen molar-refractivity contribution in [2.45, 2.75) is 68.7 Å². The zero-order valence-corrected chi connectivity index (χ0v) is 21.5. The molecule has 0 spiro atoms. The van der Waals surface area contributed by atoms with Crippen LogP contribution < -0.4 is 10.9 Å². The molecule has 2 amide bonds. The molecule has 36 heavy (non-hydrogen) atoms. The number of hydrogen-bond donors (Lipinski definition) is 1. The molecule has 188 valence electrons. The van der Waals surface area contributed by atoms with Crippen molar-refractivity contribution in [1.82, 2.24) is 19.8 Å². The molecule has 2 aromatic carbocycles. The second-order valence-corrected chi connectivity index (χ2v) is 10.8. The Bertz CT molecular complexity index is 1330. The maximum atomic E-state index is 13.6. The molecule has 1 atom stereocenters. The second kappa shape index (κ2) is 11.0.